The van der Waals surface area contributed by atoms with Crippen molar-refractivity contribution in [2.45, 2.75) is 46.1 Å². The average Bonchev–Trinajstić information content (AvgIpc) is 3.13. The van der Waals surface area contributed by atoms with Crippen molar-refractivity contribution in [1.82, 2.24) is 9.80 Å². The van der Waals surface area contributed by atoms with Crippen LogP contribution in [0, 0.1) is 13.8 Å². The molecule has 1 aliphatic rings. The van der Waals surface area contributed by atoms with Crippen LogP contribution in [0.4, 0.5) is 0 Å². The van der Waals surface area contributed by atoms with Crippen molar-refractivity contribution in [2.24, 2.45) is 0 Å². The monoisotopic (exact) mass is 492 g/mol. The molecule has 3 aromatic rings. The van der Waals surface area contributed by atoms with Gasteiger partial charge in [-0.25, -0.2) is 0 Å². The summed E-state index contributed by atoms with van der Waals surface area (Å²) in [5.74, 6) is 1.08. The lowest BCUT2D eigenvalue weighted by Gasteiger charge is -2.27. The molecule has 192 valence electrons. The van der Waals surface area contributed by atoms with Gasteiger partial charge < -0.3 is 23.7 Å². The van der Waals surface area contributed by atoms with Gasteiger partial charge in [-0.2, -0.15) is 0 Å². The second-order valence-electron chi connectivity index (χ2n) is 9.78. The molecule has 1 amide bonds. The number of hydrogen-bond donors (Lipinski definition) is 0. The summed E-state index contributed by atoms with van der Waals surface area (Å²) in [5, 5.41) is 0.493. The van der Waals surface area contributed by atoms with Gasteiger partial charge in [-0.1, -0.05) is 25.8 Å². The van der Waals surface area contributed by atoms with Gasteiger partial charge in [0.2, 0.25) is 5.76 Å². The molecule has 1 unspecified atom stereocenters. The Labute approximate surface area is 212 Å². The second-order valence-corrected chi connectivity index (χ2v) is 9.78. The number of amides is 1. The van der Waals surface area contributed by atoms with Crippen LogP contribution < -0.4 is 14.9 Å². The van der Waals surface area contributed by atoms with E-state index < -0.39 is 6.04 Å². The summed E-state index contributed by atoms with van der Waals surface area (Å²) in [6, 6.07) is 8.77. The predicted molar refractivity (Wildman–Crippen MR) is 141 cm³/mol. The minimum atomic E-state index is -0.572. The normalized spacial score (nSPS) is 15.1. The smallest absolute Gasteiger partial charge is 0.290 e. The van der Waals surface area contributed by atoms with E-state index in [0.29, 0.717) is 47.7 Å². The van der Waals surface area contributed by atoms with E-state index in [2.05, 4.69) is 6.92 Å². The zero-order valence-corrected chi connectivity index (χ0v) is 22.1. The minimum Gasteiger partial charge on any atom is -0.493 e. The molecule has 0 aliphatic carbocycles. The van der Waals surface area contributed by atoms with Crippen molar-refractivity contribution in [1.29, 1.82) is 0 Å². The van der Waals surface area contributed by atoms with E-state index in [9.17, 15) is 9.59 Å². The van der Waals surface area contributed by atoms with Crippen LogP contribution in [0.5, 0.6) is 11.5 Å². The fourth-order valence-corrected chi connectivity index (χ4v) is 4.67. The van der Waals surface area contributed by atoms with Gasteiger partial charge in [0.1, 0.15) is 5.58 Å². The Hall–Kier alpha value is -3.32. The molecule has 1 atom stereocenters. The fourth-order valence-electron chi connectivity index (χ4n) is 4.67. The number of unbranched alkanes of at least 4 members (excludes halogenated alkanes) is 2. The van der Waals surface area contributed by atoms with E-state index in [4.69, 9.17) is 13.9 Å². The van der Waals surface area contributed by atoms with Gasteiger partial charge in [0, 0.05) is 13.1 Å². The van der Waals surface area contributed by atoms with Gasteiger partial charge in [-0.05, 0) is 75.3 Å². The molecule has 0 fully saturated rings. The summed E-state index contributed by atoms with van der Waals surface area (Å²) in [4.78, 5) is 31.1. The van der Waals surface area contributed by atoms with Crippen LogP contribution in [0.3, 0.4) is 0 Å². The Kier molecular flexibility index (Phi) is 7.69. The molecule has 36 heavy (non-hydrogen) atoms. The zero-order chi connectivity index (χ0) is 26.0. The Bertz CT molecular complexity index is 1330. The maximum absolute atomic E-state index is 13.8. The van der Waals surface area contributed by atoms with E-state index in [1.165, 1.54) is 0 Å². The van der Waals surface area contributed by atoms with Gasteiger partial charge in [0.15, 0.2) is 16.9 Å². The number of methoxy groups -OCH3 is 1. The zero-order valence-electron chi connectivity index (χ0n) is 22.1. The Morgan fingerprint density at radius 2 is 1.78 bits per heavy atom. The minimum absolute atomic E-state index is 0.123. The van der Waals surface area contributed by atoms with Crippen molar-refractivity contribution in [3.05, 3.63) is 68.6 Å². The van der Waals surface area contributed by atoms with Crippen LogP contribution in [-0.2, 0) is 0 Å². The summed E-state index contributed by atoms with van der Waals surface area (Å²) in [7, 11) is 5.52. The van der Waals surface area contributed by atoms with Crippen molar-refractivity contribution in [3.8, 4) is 11.5 Å². The SMILES string of the molecule is CCCCCOc1ccc(C2c3c(oc4cc(C)c(C)cc4c3=O)C(=O)N2CCN(C)C)cc1OC. The number of nitrogens with zero attached hydrogens (tertiary/aromatic N) is 2. The topological polar surface area (TPSA) is 72.2 Å². The van der Waals surface area contributed by atoms with E-state index >= 15 is 0 Å². The number of hydrogen-bond acceptors (Lipinski definition) is 6. The van der Waals surface area contributed by atoms with Gasteiger partial charge in [-0.15, -0.1) is 0 Å². The molecular weight excluding hydrogens is 456 g/mol. The first-order chi connectivity index (χ1) is 17.3. The fraction of sp³-hybridized carbons (Fsp3) is 0.448. The Morgan fingerprint density at radius 3 is 2.47 bits per heavy atom. The highest BCUT2D eigenvalue weighted by Gasteiger charge is 2.42. The van der Waals surface area contributed by atoms with Crippen LogP contribution in [0.1, 0.15) is 65.0 Å². The van der Waals surface area contributed by atoms with Crippen LogP contribution in [0.2, 0.25) is 0 Å². The van der Waals surface area contributed by atoms with E-state index in [-0.39, 0.29) is 17.1 Å². The number of aryl methyl sites for hydroxylation is 2. The first kappa shape index (κ1) is 25.8. The maximum Gasteiger partial charge on any atom is 0.290 e. The van der Waals surface area contributed by atoms with Gasteiger partial charge >= 0.3 is 0 Å². The lowest BCUT2D eigenvalue weighted by molar-refractivity contribution is 0.0716. The molecule has 4 rings (SSSR count). The average molecular weight is 493 g/mol. The number of rotatable bonds is 10. The first-order valence-electron chi connectivity index (χ1n) is 12.6. The maximum atomic E-state index is 13.8. The van der Waals surface area contributed by atoms with Crippen molar-refractivity contribution in [2.75, 3.05) is 40.9 Å². The molecule has 1 aliphatic heterocycles. The lowest BCUT2D eigenvalue weighted by atomic mass is 9.97. The van der Waals surface area contributed by atoms with Crippen molar-refractivity contribution < 1.29 is 18.7 Å². The molecule has 1 aromatic heterocycles. The Balaban J connectivity index is 1.83. The molecule has 0 spiro atoms. The molecule has 0 bridgehead atoms. The third-order valence-electron chi connectivity index (χ3n) is 6.88. The van der Waals surface area contributed by atoms with Gasteiger partial charge in [-0.3, -0.25) is 9.59 Å². The molecule has 0 saturated carbocycles. The molecule has 0 radical (unpaired) electrons. The number of carbonyl (C=O) groups is 1. The molecular formula is C29H36N2O5. The lowest BCUT2D eigenvalue weighted by Crippen LogP contribution is -2.35. The summed E-state index contributed by atoms with van der Waals surface area (Å²) in [6.07, 6.45) is 3.19. The number of likely N-dealkylation sites (N-methyl/N-ethyl adjacent to an activating group) is 1. The van der Waals surface area contributed by atoms with Crippen molar-refractivity contribution in [3.63, 3.8) is 0 Å². The molecule has 2 aromatic carbocycles. The summed E-state index contributed by atoms with van der Waals surface area (Å²) in [5.41, 5.74) is 3.46. The van der Waals surface area contributed by atoms with E-state index in [0.717, 1.165) is 36.0 Å². The van der Waals surface area contributed by atoms with Crippen molar-refractivity contribution >= 4 is 16.9 Å². The molecule has 2 heterocycles. The summed E-state index contributed by atoms with van der Waals surface area (Å²) < 4.78 is 17.7. The second kappa shape index (κ2) is 10.7. The highest BCUT2D eigenvalue weighted by molar-refractivity contribution is 5.99. The van der Waals surface area contributed by atoms with Crippen LogP contribution in [0.15, 0.2) is 39.5 Å². The number of carbonyl (C=O) groups excluding carboxylic acids is 1. The van der Waals surface area contributed by atoms with Crippen LogP contribution >= 0.6 is 0 Å². The first-order valence-corrected chi connectivity index (χ1v) is 12.6. The van der Waals surface area contributed by atoms with E-state index in [1.54, 1.807) is 12.0 Å². The number of ether oxygens (including phenoxy) is 2. The molecule has 7 nitrogen and oxygen atoms in total. The standard InChI is InChI=1S/C29H36N2O5/c1-7-8-9-14-35-22-11-10-20(17-24(22)34-6)26-25-27(32)21-15-18(2)19(3)16-23(21)36-28(25)29(33)31(26)13-12-30(4)5/h10-11,15-17,26H,7-9,12-14H2,1-6H3. The third-order valence-corrected chi connectivity index (χ3v) is 6.88. The van der Waals surface area contributed by atoms with Crippen LogP contribution in [0.25, 0.3) is 11.0 Å². The third kappa shape index (κ3) is 4.85. The highest BCUT2D eigenvalue weighted by atomic mass is 16.5. The quantitative estimate of drug-likeness (QED) is 0.367. The number of benzene rings is 2. The number of fused-ring (bicyclic) bond motifs is 2. The van der Waals surface area contributed by atoms with E-state index in [1.807, 2.05) is 63.2 Å². The molecule has 0 saturated heterocycles. The molecule has 7 heteroatoms. The van der Waals surface area contributed by atoms with Gasteiger partial charge in [0.05, 0.1) is 30.7 Å². The predicted octanol–water partition coefficient (Wildman–Crippen LogP) is 5.09. The summed E-state index contributed by atoms with van der Waals surface area (Å²) in [6.45, 7) is 7.80. The van der Waals surface area contributed by atoms with Crippen LogP contribution in [-0.4, -0.2) is 56.6 Å². The van der Waals surface area contributed by atoms with Gasteiger partial charge in [0.25, 0.3) is 5.91 Å². The Morgan fingerprint density at radius 1 is 1.03 bits per heavy atom. The largest absolute Gasteiger partial charge is 0.493 e. The molecule has 0 N–H and O–H groups in total. The summed E-state index contributed by atoms with van der Waals surface area (Å²) >= 11 is 0. The highest BCUT2D eigenvalue weighted by Crippen LogP contribution is 2.41.